The number of aromatic nitrogens is 2. The summed E-state index contributed by atoms with van der Waals surface area (Å²) >= 11 is 3.67. The fourth-order valence-corrected chi connectivity index (χ4v) is 3.13. The van der Waals surface area contributed by atoms with Crippen LogP contribution in [0.25, 0.3) is 0 Å². The molecule has 0 aliphatic carbocycles. The van der Waals surface area contributed by atoms with E-state index in [2.05, 4.69) is 56.9 Å². The van der Waals surface area contributed by atoms with Gasteiger partial charge in [0.15, 0.2) is 0 Å². The van der Waals surface area contributed by atoms with Gasteiger partial charge in [-0.15, -0.1) is 0 Å². The highest BCUT2D eigenvalue weighted by Crippen LogP contribution is 2.34. The first kappa shape index (κ1) is 14.6. The summed E-state index contributed by atoms with van der Waals surface area (Å²) < 4.78 is 0.990. The summed E-state index contributed by atoms with van der Waals surface area (Å²) in [6, 6.07) is 0.527. The van der Waals surface area contributed by atoms with E-state index in [9.17, 15) is 0 Å². The first-order chi connectivity index (χ1) is 9.15. The van der Waals surface area contributed by atoms with E-state index in [1.54, 1.807) is 6.33 Å². The van der Waals surface area contributed by atoms with Crippen molar-refractivity contribution in [2.45, 2.75) is 46.1 Å². The number of piperidine rings is 1. The van der Waals surface area contributed by atoms with Gasteiger partial charge in [-0.05, 0) is 48.0 Å². The molecule has 106 valence electrons. The molecule has 2 atom stereocenters. The molecule has 0 saturated carbocycles. The SMILES string of the molecule is CCCNc1ncnc(N2CCCC(C)C2C)c1Br. The monoisotopic (exact) mass is 326 g/mol. The Morgan fingerprint density at radius 2 is 2.21 bits per heavy atom. The maximum Gasteiger partial charge on any atom is 0.148 e. The van der Waals surface area contributed by atoms with Gasteiger partial charge >= 0.3 is 0 Å². The van der Waals surface area contributed by atoms with Gasteiger partial charge in [0.25, 0.3) is 0 Å². The van der Waals surface area contributed by atoms with Crippen molar-refractivity contribution in [1.82, 2.24) is 9.97 Å². The van der Waals surface area contributed by atoms with Crippen LogP contribution in [0.2, 0.25) is 0 Å². The highest BCUT2D eigenvalue weighted by Gasteiger charge is 2.27. The van der Waals surface area contributed by atoms with Gasteiger partial charge < -0.3 is 10.2 Å². The Hall–Kier alpha value is -0.840. The first-order valence-corrected chi connectivity index (χ1v) is 7.95. The van der Waals surface area contributed by atoms with Crippen molar-refractivity contribution in [3.63, 3.8) is 0 Å². The molecular formula is C14H23BrN4. The first-order valence-electron chi connectivity index (χ1n) is 7.16. The van der Waals surface area contributed by atoms with Crippen LogP contribution in [0, 0.1) is 5.92 Å². The highest BCUT2D eigenvalue weighted by atomic mass is 79.9. The molecule has 1 saturated heterocycles. The summed E-state index contributed by atoms with van der Waals surface area (Å²) in [5.74, 6) is 2.63. The molecule has 2 rings (SSSR count). The van der Waals surface area contributed by atoms with E-state index in [1.165, 1.54) is 12.8 Å². The van der Waals surface area contributed by atoms with Crippen molar-refractivity contribution in [1.29, 1.82) is 0 Å². The Morgan fingerprint density at radius 1 is 1.42 bits per heavy atom. The summed E-state index contributed by atoms with van der Waals surface area (Å²) in [5, 5.41) is 3.34. The number of hydrogen-bond donors (Lipinski definition) is 1. The molecule has 4 nitrogen and oxygen atoms in total. The largest absolute Gasteiger partial charge is 0.369 e. The van der Waals surface area contributed by atoms with Crippen LogP contribution in [0.5, 0.6) is 0 Å². The molecule has 0 bridgehead atoms. The lowest BCUT2D eigenvalue weighted by Gasteiger charge is -2.39. The van der Waals surface area contributed by atoms with Crippen LogP contribution < -0.4 is 10.2 Å². The number of rotatable bonds is 4. The van der Waals surface area contributed by atoms with Gasteiger partial charge in [0.1, 0.15) is 22.4 Å². The second-order valence-corrected chi connectivity index (χ2v) is 6.13. The third kappa shape index (κ3) is 3.19. The van der Waals surface area contributed by atoms with Gasteiger partial charge in [-0.1, -0.05) is 13.8 Å². The summed E-state index contributed by atoms with van der Waals surface area (Å²) in [6.07, 6.45) is 5.29. The standard InChI is InChI=1S/C14H23BrN4/c1-4-7-16-13-12(15)14(18-9-17-13)19-8-5-6-10(2)11(19)3/h9-11H,4-8H2,1-3H3,(H,16,17,18). The van der Waals surface area contributed by atoms with Crippen LogP contribution >= 0.6 is 15.9 Å². The molecule has 0 radical (unpaired) electrons. The third-order valence-electron chi connectivity index (χ3n) is 3.96. The topological polar surface area (TPSA) is 41.1 Å². The van der Waals surface area contributed by atoms with Crippen molar-refractivity contribution in [3.8, 4) is 0 Å². The van der Waals surface area contributed by atoms with Crippen LogP contribution in [0.4, 0.5) is 11.6 Å². The molecule has 19 heavy (non-hydrogen) atoms. The van der Waals surface area contributed by atoms with Crippen molar-refractivity contribution in [2.75, 3.05) is 23.3 Å². The van der Waals surface area contributed by atoms with Crippen LogP contribution in [-0.2, 0) is 0 Å². The molecule has 0 spiro atoms. The molecule has 1 aromatic heterocycles. The maximum atomic E-state index is 4.48. The summed E-state index contributed by atoms with van der Waals surface area (Å²) in [6.45, 7) is 8.77. The van der Waals surface area contributed by atoms with Gasteiger partial charge in [0.2, 0.25) is 0 Å². The quantitative estimate of drug-likeness (QED) is 0.916. The lowest BCUT2D eigenvalue weighted by Crippen LogP contribution is -2.43. The number of nitrogens with zero attached hydrogens (tertiary/aromatic N) is 3. The molecule has 0 aromatic carbocycles. The molecule has 2 unspecified atom stereocenters. The molecule has 0 amide bonds. The number of anilines is 2. The van der Waals surface area contributed by atoms with E-state index in [0.717, 1.165) is 35.6 Å². The fourth-order valence-electron chi connectivity index (χ4n) is 2.56. The zero-order valence-corrected chi connectivity index (χ0v) is 13.6. The zero-order valence-electron chi connectivity index (χ0n) is 12.0. The van der Waals surface area contributed by atoms with Crippen molar-refractivity contribution < 1.29 is 0 Å². The van der Waals surface area contributed by atoms with E-state index in [4.69, 9.17) is 0 Å². The summed E-state index contributed by atoms with van der Waals surface area (Å²) in [5.41, 5.74) is 0. The number of nitrogens with one attached hydrogen (secondary N) is 1. The van der Waals surface area contributed by atoms with Crippen molar-refractivity contribution in [3.05, 3.63) is 10.8 Å². The fraction of sp³-hybridized carbons (Fsp3) is 0.714. The van der Waals surface area contributed by atoms with E-state index in [1.807, 2.05) is 0 Å². The molecule has 5 heteroatoms. The van der Waals surface area contributed by atoms with Crippen LogP contribution in [0.1, 0.15) is 40.0 Å². The van der Waals surface area contributed by atoms with Gasteiger partial charge in [-0.3, -0.25) is 0 Å². The van der Waals surface area contributed by atoms with E-state index in [-0.39, 0.29) is 0 Å². The average Bonchev–Trinajstić information content (AvgIpc) is 2.41. The Kier molecular flexibility index (Phi) is 5.02. The lowest BCUT2D eigenvalue weighted by atomic mass is 9.92. The van der Waals surface area contributed by atoms with Crippen molar-refractivity contribution in [2.24, 2.45) is 5.92 Å². The second-order valence-electron chi connectivity index (χ2n) is 5.34. The second kappa shape index (κ2) is 6.55. The highest BCUT2D eigenvalue weighted by molar-refractivity contribution is 9.10. The minimum absolute atomic E-state index is 0.527. The van der Waals surface area contributed by atoms with E-state index < -0.39 is 0 Å². The molecular weight excluding hydrogens is 304 g/mol. The Bertz CT molecular complexity index is 424. The predicted molar refractivity (Wildman–Crippen MR) is 83.7 cm³/mol. The number of halogens is 1. The molecule has 2 heterocycles. The van der Waals surface area contributed by atoms with Gasteiger partial charge in [-0.2, -0.15) is 0 Å². The van der Waals surface area contributed by atoms with Gasteiger partial charge in [-0.25, -0.2) is 9.97 Å². The maximum absolute atomic E-state index is 4.48. The van der Waals surface area contributed by atoms with Crippen LogP contribution in [-0.4, -0.2) is 29.1 Å². The molecule has 1 N–H and O–H groups in total. The zero-order chi connectivity index (χ0) is 13.8. The van der Waals surface area contributed by atoms with E-state index in [0.29, 0.717) is 12.0 Å². The van der Waals surface area contributed by atoms with Crippen LogP contribution in [0.15, 0.2) is 10.8 Å². The minimum atomic E-state index is 0.527. The van der Waals surface area contributed by atoms with Gasteiger partial charge in [0.05, 0.1) is 0 Å². The molecule has 1 aliphatic rings. The number of hydrogen-bond acceptors (Lipinski definition) is 4. The third-order valence-corrected chi connectivity index (χ3v) is 4.69. The molecule has 1 aliphatic heterocycles. The molecule has 1 aromatic rings. The van der Waals surface area contributed by atoms with E-state index >= 15 is 0 Å². The van der Waals surface area contributed by atoms with Gasteiger partial charge in [0, 0.05) is 19.1 Å². The minimum Gasteiger partial charge on any atom is -0.369 e. The Morgan fingerprint density at radius 3 is 2.95 bits per heavy atom. The van der Waals surface area contributed by atoms with Crippen molar-refractivity contribution >= 4 is 27.6 Å². The molecule has 1 fully saturated rings. The smallest absolute Gasteiger partial charge is 0.148 e. The summed E-state index contributed by atoms with van der Waals surface area (Å²) in [4.78, 5) is 11.2. The lowest BCUT2D eigenvalue weighted by molar-refractivity contribution is 0.361. The predicted octanol–water partition coefficient (Wildman–Crippen LogP) is 3.69. The Labute approximate surface area is 124 Å². The van der Waals surface area contributed by atoms with Crippen LogP contribution in [0.3, 0.4) is 0 Å². The Balaban J connectivity index is 2.24. The normalized spacial score (nSPS) is 23.5. The average molecular weight is 327 g/mol. The summed E-state index contributed by atoms with van der Waals surface area (Å²) in [7, 11) is 0.